The molecule has 1 heteroatoms. The molecule has 102 valence electrons. The lowest BCUT2D eigenvalue weighted by molar-refractivity contribution is 0.462. The minimum atomic E-state index is 0.608. The van der Waals surface area contributed by atoms with Crippen molar-refractivity contribution in [2.24, 2.45) is 5.92 Å². The lowest BCUT2D eigenvalue weighted by atomic mass is 9.97. The van der Waals surface area contributed by atoms with Crippen LogP contribution < -0.4 is 5.32 Å². The van der Waals surface area contributed by atoms with Crippen molar-refractivity contribution in [1.29, 1.82) is 0 Å². The van der Waals surface area contributed by atoms with E-state index in [1.54, 1.807) is 0 Å². The van der Waals surface area contributed by atoms with Gasteiger partial charge in [-0.25, -0.2) is 0 Å². The average molecular weight is 247 g/mol. The Bertz CT molecular complexity index is 315. The third-order valence-electron chi connectivity index (χ3n) is 3.74. The van der Waals surface area contributed by atoms with Gasteiger partial charge in [-0.15, -0.1) is 0 Å². The zero-order valence-corrected chi connectivity index (χ0v) is 12.5. The Morgan fingerprint density at radius 1 is 1.00 bits per heavy atom. The molecule has 0 spiro atoms. The molecule has 0 fully saturated rings. The summed E-state index contributed by atoms with van der Waals surface area (Å²) in [6, 6.07) is 9.56. The van der Waals surface area contributed by atoms with Crippen LogP contribution in [0.15, 0.2) is 24.3 Å². The van der Waals surface area contributed by atoms with E-state index in [2.05, 4.69) is 57.3 Å². The topological polar surface area (TPSA) is 12.0 Å². The van der Waals surface area contributed by atoms with Gasteiger partial charge in [0.05, 0.1) is 0 Å². The largest absolute Gasteiger partial charge is 0.382 e. The molecule has 1 N–H and O–H groups in total. The van der Waals surface area contributed by atoms with Crippen LogP contribution in [-0.2, 0) is 6.42 Å². The highest BCUT2D eigenvalue weighted by atomic mass is 14.9. The van der Waals surface area contributed by atoms with Gasteiger partial charge in [-0.3, -0.25) is 0 Å². The second-order valence-electron chi connectivity index (χ2n) is 5.45. The molecule has 1 aromatic rings. The summed E-state index contributed by atoms with van der Waals surface area (Å²) in [6.07, 6.45) is 6.14. The molecule has 0 aromatic heterocycles. The van der Waals surface area contributed by atoms with Crippen LogP contribution in [0.25, 0.3) is 0 Å². The molecule has 0 bridgehead atoms. The van der Waals surface area contributed by atoms with Gasteiger partial charge in [0.2, 0.25) is 0 Å². The molecule has 0 saturated heterocycles. The summed E-state index contributed by atoms with van der Waals surface area (Å²) >= 11 is 0. The van der Waals surface area contributed by atoms with Crippen LogP contribution in [0, 0.1) is 5.92 Å². The maximum absolute atomic E-state index is 3.66. The first-order valence-electron chi connectivity index (χ1n) is 7.55. The molecule has 0 aliphatic carbocycles. The van der Waals surface area contributed by atoms with Gasteiger partial charge in [-0.05, 0) is 42.9 Å². The van der Waals surface area contributed by atoms with Gasteiger partial charge in [0.1, 0.15) is 0 Å². The Labute approximate surface area is 113 Å². The van der Waals surface area contributed by atoms with Crippen LogP contribution in [0.4, 0.5) is 5.69 Å². The van der Waals surface area contributed by atoms with Gasteiger partial charge >= 0.3 is 0 Å². The van der Waals surface area contributed by atoms with Crippen LogP contribution in [0.1, 0.15) is 58.9 Å². The summed E-state index contributed by atoms with van der Waals surface area (Å²) in [5.74, 6) is 0.807. The molecular weight excluding hydrogens is 218 g/mol. The Kier molecular flexibility index (Phi) is 6.85. The fourth-order valence-electron chi connectivity index (χ4n) is 2.27. The van der Waals surface area contributed by atoms with Crippen molar-refractivity contribution in [3.8, 4) is 0 Å². The van der Waals surface area contributed by atoms with E-state index in [4.69, 9.17) is 0 Å². The Balaban J connectivity index is 2.53. The SMILES string of the molecule is CCCc1ccc(NC(CC)CC(C)CC)cc1. The van der Waals surface area contributed by atoms with E-state index in [1.165, 1.54) is 43.4 Å². The van der Waals surface area contributed by atoms with E-state index >= 15 is 0 Å². The van der Waals surface area contributed by atoms with Crippen molar-refractivity contribution in [1.82, 2.24) is 0 Å². The number of nitrogens with one attached hydrogen (secondary N) is 1. The zero-order valence-electron chi connectivity index (χ0n) is 12.5. The predicted octanol–water partition coefficient (Wildman–Crippen LogP) is 5.27. The van der Waals surface area contributed by atoms with Crippen molar-refractivity contribution in [2.45, 2.75) is 65.8 Å². The highest BCUT2D eigenvalue weighted by Gasteiger charge is 2.10. The number of hydrogen-bond acceptors (Lipinski definition) is 1. The van der Waals surface area contributed by atoms with E-state index < -0.39 is 0 Å². The van der Waals surface area contributed by atoms with Crippen molar-refractivity contribution < 1.29 is 0 Å². The van der Waals surface area contributed by atoms with E-state index in [-0.39, 0.29) is 0 Å². The number of rotatable bonds is 8. The fraction of sp³-hybridized carbons (Fsp3) is 0.647. The molecule has 0 amide bonds. The maximum atomic E-state index is 3.66. The molecule has 2 atom stereocenters. The number of benzene rings is 1. The van der Waals surface area contributed by atoms with Gasteiger partial charge in [-0.2, -0.15) is 0 Å². The van der Waals surface area contributed by atoms with Gasteiger partial charge in [0.15, 0.2) is 0 Å². The van der Waals surface area contributed by atoms with E-state index in [0.29, 0.717) is 6.04 Å². The third-order valence-corrected chi connectivity index (χ3v) is 3.74. The zero-order chi connectivity index (χ0) is 13.4. The van der Waals surface area contributed by atoms with Crippen molar-refractivity contribution >= 4 is 5.69 Å². The highest BCUT2D eigenvalue weighted by molar-refractivity contribution is 5.45. The first-order valence-corrected chi connectivity index (χ1v) is 7.55. The number of aryl methyl sites for hydroxylation is 1. The van der Waals surface area contributed by atoms with Gasteiger partial charge in [0.25, 0.3) is 0 Å². The van der Waals surface area contributed by atoms with Crippen LogP contribution in [0.2, 0.25) is 0 Å². The number of hydrogen-bond donors (Lipinski definition) is 1. The second-order valence-corrected chi connectivity index (χ2v) is 5.45. The standard InChI is InChI=1S/C17H29N/c1-5-8-15-9-11-17(12-10-15)18-16(7-3)13-14(4)6-2/h9-12,14,16,18H,5-8,13H2,1-4H3. The summed E-state index contributed by atoms with van der Waals surface area (Å²) < 4.78 is 0. The molecule has 0 saturated carbocycles. The van der Waals surface area contributed by atoms with Crippen molar-refractivity contribution in [2.75, 3.05) is 5.32 Å². The summed E-state index contributed by atoms with van der Waals surface area (Å²) in [5, 5.41) is 3.66. The van der Waals surface area contributed by atoms with E-state index in [0.717, 1.165) is 5.92 Å². The van der Waals surface area contributed by atoms with Crippen LogP contribution in [-0.4, -0.2) is 6.04 Å². The fourth-order valence-corrected chi connectivity index (χ4v) is 2.27. The molecule has 0 aliphatic heterocycles. The molecule has 0 aliphatic rings. The Morgan fingerprint density at radius 2 is 1.67 bits per heavy atom. The minimum absolute atomic E-state index is 0.608. The van der Waals surface area contributed by atoms with Crippen LogP contribution >= 0.6 is 0 Å². The van der Waals surface area contributed by atoms with Crippen molar-refractivity contribution in [3.05, 3.63) is 29.8 Å². The summed E-state index contributed by atoms with van der Waals surface area (Å²) in [6.45, 7) is 9.11. The van der Waals surface area contributed by atoms with E-state index in [9.17, 15) is 0 Å². The highest BCUT2D eigenvalue weighted by Crippen LogP contribution is 2.18. The Morgan fingerprint density at radius 3 is 2.17 bits per heavy atom. The average Bonchev–Trinajstić information content (AvgIpc) is 2.40. The lowest BCUT2D eigenvalue weighted by Crippen LogP contribution is -2.21. The monoisotopic (exact) mass is 247 g/mol. The first kappa shape index (κ1) is 15.1. The van der Waals surface area contributed by atoms with Crippen molar-refractivity contribution in [3.63, 3.8) is 0 Å². The molecule has 1 aromatic carbocycles. The van der Waals surface area contributed by atoms with Crippen LogP contribution in [0.5, 0.6) is 0 Å². The summed E-state index contributed by atoms with van der Waals surface area (Å²) in [5.41, 5.74) is 2.71. The van der Waals surface area contributed by atoms with Gasteiger partial charge in [0, 0.05) is 11.7 Å². The molecule has 0 radical (unpaired) electrons. The Hall–Kier alpha value is -0.980. The molecule has 1 nitrogen and oxygen atoms in total. The maximum Gasteiger partial charge on any atom is 0.0342 e. The predicted molar refractivity (Wildman–Crippen MR) is 82.2 cm³/mol. The summed E-state index contributed by atoms with van der Waals surface area (Å²) in [7, 11) is 0. The van der Waals surface area contributed by atoms with Gasteiger partial charge < -0.3 is 5.32 Å². The smallest absolute Gasteiger partial charge is 0.0342 e. The molecule has 1 rings (SSSR count). The molecule has 18 heavy (non-hydrogen) atoms. The summed E-state index contributed by atoms with van der Waals surface area (Å²) in [4.78, 5) is 0. The normalized spacial score (nSPS) is 14.2. The third kappa shape index (κ3) is 5.12. The quantitative estimate of drug-likeness (QED) is 0.660. The second kappa shape index (κ2) is 8.18. The molecule has 0 heterocycles. The molecule has 2 unspecified atom stereocenters. The minimum Gasteiger partial charge on any atom is -0.382 e. The first-order chi connectivity index (χ1) is 8.69. The van der Waals surface area contributed by atoms with Crippen LogP contribution in [0.3, 0.4) is 0 Å². The lowest BCUT2D eigenvalue weighted by Gasteiger charge is -2.21. The van der Waals surface area contributed by atoms with Gasteiger partial charge in [-0.1, -0.05) is 52.7 Å². The molecular formula is C17H29N. The van der Waals surface area contributed by atoms with E-state index in [1.807, 2.05) is 0 Å². The number of anilines is 1.